The predicted molar refractivity (Wildman–Crippen MR) is 65.7 cm³/mol. The lowest BCUT2D eigenvalue weighted by Gasteiger charge is -2.28. The topological polar surface area (TPSA) is 3.24 Å². The van der Waals surface area contributed by atoms with Gasteiger partial charge in [0.05, 0.1) is 0 Å². The highest BCUT2D eigenvalue weighted by atomic mass is 15.1. The Morgan fingerprint density at radius 3 is 2.29 bits per heavy atom. The lowest BCUT2D eigenvalue weighted by molar-refractivity contribution is 0.232. The van der Waals surface area contributed by atoms with Crippen molar-refractivity contribution < 1.29 is 0 Å². The van der Waals surface area contributed by atoms with Crippen LogP contribution in [0.25, 0.3) is 0 Å². The molecule has 1 heterocycles. The van der Waals surface area contributed by atoms with E-state index >= 15 is 0 Å². The molecule has 1 unspecified atom stereocenters. The SMILES string of the molecule is C.CCCCC1(CCC)CCN(C)C1. The molecule has 0 aliphatic carbocycles. The van der Waals surface area contributed by atoms with Gasteiger partial charge in [-0.25, -0.2) is 0 Å². The van der Waals surface area contributed by atoms with Crippen molar-refractivity contribution in [2.24, 2.45) is 5.41 Å². The van der Waals surface area contributed by atoms with Crippen molar-refractivity contribution >= 4 is 0 Å². The summed E-state index contributed by atoms with van der Waals surface area (Å²) in [6.07, 6.45) is 8.48. The Hall–Kier alpha value is -0.0400. The summed E-state index contributed by atoms with van der Waals surface area (Å²) in [7, 11) is 2.27. The minimum absolute atomic E-state index is 0. The van der Waals surface area contributed by atoms with E-state index in [9.17, 15) is 0 Å². The molecule has 0 aromatic rings. The van der Waals surface area contributed by atoms with E-state index in [-0.39, 0.29) is 7.43 Å². The second-order valence-electron chi connectivity index (χ2n) is 4.84. The molecule has 0 radical (unpaired) electrons. The first kappa shape index (κ1) is 14.0. The minimum atomic E-state index is 0. The second-order valence-corrected chi connectivity index (χ2v) is 4.84. The molecule has 1 atom stereocenters. The van der Waals surface area contributed by atoms with Crippen LogP contribution in [0.15, 0.2) is 0 Å². The molecule has 1 nitrogen and oxygen atoms in total. The van der Waals surface area contributed by atoms with Crippen LogP contribution in [-0.2, 0) is 0 Å². The van der Waals surface area contributed by atoms with Gasteiger partial charge in [-0.15, -0.1) is 0 Å². The monoisotopic (exact) mass is 199 g/mol. The third-order valence-corrected chi connectivity index (χ3v) is 3.47. The number of rotatable bonds is 5. The zero-order valence-electron chi connectivity index (χ0n) is 9.60. The zero-order valence-corrected chi connectivity index (χ0v) is 9.60. The van der Waals surface area contributed by atoms with Gasteiger partial charge in [-0.05, 0) is 38.3 Å². The molecule has 1 saturated heterocycles. The van der Waals surface area contributed by atoms with E-state index in [1.165, 1.54) is 51.6 Å². The van der Waals surface area contributed by atoms with E-state index in [4.69, 9.17) is 0 Å². The van der Waals surface area contributed by atoms with Gasteiger partial charge in [0.1, 0.15) is 0 Å². The van der Waals surface area contributed by atoms with Gasteiger partial charge in [-0.2, -0.15) is 0 Å². The zero-order chi connectivity index (χ0) is 9.73. The molecule has 1 aliphatic heterocycles. The van der Waals surface area contributed by atoms with E-state index < -0.39 is 0 Å². The van der Waals surface area contributed by atoms with Crippen molar-refractivity contribution in [2.75, 3.05) is 20.1 Å². The summed E-state index contributed by atoms with van der Waals surface area (Å²) >= 11 is 0. The van der Waals surface area contributed by atoms with Gasteiger partial charge in [0.25, 0.3) is 0 Å². The number of hydrogen-bond donors (Lipinski definition) is 0. The Labute approximate surface area is 90.9 Å². The quantitative estimate of drug-likeness (QED) is 0.648. The van der Waals surface area contributed by atoms with Crippen molar-refractivity contribution in [1.29, 1.82) is 0 Å². The largest absolute Gasteiger partial charge is 0.306 e. The molecule has 86 valence electrons. The average molecular weight is 199 g/mol. The van der Waals surface area contributed by atoms with Crippen LogP contribution in [0.1, 0.15) is 59.8 Å². The van der Waals surface area contributed by atoms with Gasteiger partial charge in [-0.1, -0.05) is 40.5 Å². The van der Waals surface area contributed by atoms with Gasteiger partial charge in [0.15, 0.2) is 0 Å². The molecule has 0 aromatic heterocycles. The van der Waals surface area contributed by atoms with Crippen molar-refractivity contribution in [2.45, 2.75) is 59.8 Å². The molecular weight excluding hydrogens is 170 g/mol. The standard InChI is InChI=1S/C12H25N.CH4/c1-4-6-8-12(7-5-2)9-10-13(3)11-12;/h4-11H2,1-3H3;1H4. The maximum atomic E-state index is 2.51. The fraction of sp³-hybridized carbons (Fsp3) is 1.00. The summed E-state index contributed by atoms with van der Waals surface area (Å²) in [6.45, 7) is 7.30. The smallest absolute Gasteiger partial charge is 0.00354 e. The summed E-state index contributed by atoms with van der Waals surface area (Å²) in [4.78, 5) is 2.51. The van der Waals surface area contributed by atoms with Crippen LogP contribution < -0.4 is 0 Å². The van der Waals surface area contributed by atoms with Crippen LogP contribution in [-0.4, -0.2) is 25.0 Å². The number of hydrogen-bond acceptors (Lipinski definition) is 1. The molecule has 1 fully saturated rings. The van der Waals surface area contributed by atoms with Crippen LogP contribution in [0, 0.1) is 5.41 Å². The molecule has 0 saturated carbocycles. The van der Waals surface area contributed by atoms with Crippen molar-refractivity contribution in [3.63, 3.8) is 0 Å². The Kier molecular flexibility index (Phi) is 6.43. The number of nitrogens with zero attached hydrogens (tertiary/aromatic N) is 1. The minimum Gasteiger partial charge on any atom is -0.306 e. The summed E-state index contributed by atoms with van der Waals surface area (Å²) in [5.74, 6) is 0. The van der Waals surface area contributed by atoms with Gasteiger partial charge in [-0.3, -0.25) is 0 Å². The van der Waals surface area contributed by atoms with Crippen LogP contribution in [0.4, 0.5) is 0 Å². The van der Waals surface area contributed by atoms with Crippen molar-refractivity contribution in [3.8, 4) is 0 Å². The summed E-state index contributed by atoms with van der Waals surface area (Å²) in [5.41, 5.74) is 0.694. The molecule has 0 bridgehead atoms. The van der Waals surface area contributed by atoms with Crippen LogP contribution in [0.5, 0.6) is 0 Å². The average Bonchev–Trinajstić information content (AvgIpc) is 2.46. The van der Waals surface area contributed by atoms with Gasteiger partial charge >= 0.3 is 0 Å². The Morgan fingerprint density at radius 1 is 1.14 bits per heavy atom. The van der Waals surface area contributed by atoms with Crippen LogP contribution in [0.2, 0.25) is 0 Å². The highest BCUT2D eigenvalue weighted by molar-refractivity contribution is 4.88. The fourth-order valence-electron chi connectivity index (χ4n) is 2.77. The van der Waals surface area contributed by atoms with E-state index in [0.29, 0.717) is 5.41 Å². The Balaban J connectivity index is 0.00000169. The predicted octanol–water partition coefficient (Wildman–Crippen LogP) is 3.93. The van der Waals surface area contributed by atoms with E-state index in [2.05, 4.69) is 25.8 Å². The molecule has 0 spiro atoms. The Bertz CT molecular complexity index is 140. The molecule has 1 heteroatoms. The third kappa shape index (κ3) is 3.61. The number of unbranched alkanes of at least 4 members (excludes halogenated alkanes) is 1. The summed E-state index contributed by atoms with van der Waals surface area (Å²) < 4.78 is 0. The first-order chi connectivity index (χ1) is 6.22. The molecule has 14 heavy (non-hydrogen) atoms. The van der Waals surface area contributed by atoms with Crippen LogP contribution >= 0.6 is 0 Å². The van der Waals surface area contributed by atoms with Gasteiger partial charge in [0, 0.05) is 6.54 Å². The molecule has 0 aromatic carbocycles. The first-order valence-corrected chi connectivity index (χ1v) is 5.91. The molecular formula is C13H29N. The first-order valence-electron chi connectivity index (χ1n) is 5.91. The van der Waals surface area contributed by atoms with Crippen molar-refractivity contribution in [3.05, 3.63) is 0 Å². The lowest BCUT2D eigenvalue weighted by Crippen LogP contribution is -2.24. The van der Waals surface area contributed by atoms with E-state index in [1.807, 2.05) is 0 Å². The molecule has 1 aliphatic rings. The van der Waals surface area contributed by atoms with Crippen molar-refractivity contribution in [1.82, 2.24) is 4.90 Å². The lowest BCUT2D eigenvalue weighted by atomic mass is 9.78. The van der Waals surface area contributed by atoms with Gasteiger partial charge in [0.2, 0.25) is 0 Å². The van der Waals surface area contributed by atoms with Gasteiger partial charge < -0.3 is 4.90 Å². The molecule has 0 N–H and O–H groups in total. The van der Waals surface area contributed by atoms with E-state index in [0.717, 1.165) is 0 Å². The van der Waals surface area contributed by atoms with E-state index in [1.54, 1.807) is 0 Å². The van der Waals surface area contributed by atoms with Crippen LogP contribution in [0.3, 0.4) is 0 Å². The molecule has 0 amide bonds. The summed E-state index contributed by atoms with van der Waals surface area (Å²) in [6, 6.07) is 0. The maximum Gasteiger partial charge on any atom is 0.00354 e. The maximum absolute atomic E-state index is 2.51. The Morgan fingerprint density at radius 2 is 1.86 bits per heavy atom. The fourth-order valence-corrected chi connectivity index (χ4v) is 2.77. The highest BCUT2D eigenvalue weighted by Gasteiger charge is 2.34. The number of likely N-dealkylation sites (tertiary alicyclic amines) is 1. The highest BCUT2D eigenvalue weighted by Crippen LogP contribution is 2.39. The normalized spacial score (nSPS) is 27.6. The second kappa shape index (κ2) is 6.44. The summed E-state index contributed by atoms with van der Waals surface area (Å²) in [5, 5.41) is 0. The third-order valence-electron chi connectivity index (χ3n) is 3.47. The molecule has 1 rings (SSSR count).